The molecule has 0 spiro atoms. The maximum absolute atomic E-state index is 13.0. The van der Waals surface area contributed by atoms with E-state index < -0.39 is 17.2 Å². The molecule has 0 saturated heterocycles. The molecular formula is C22H18N4O5. The van der Waals surface area contributed by atoms with Gasteiger partial charge in [-0.15, -0.1) is 0 Å². The molecule has 3 heterocycles. The number of hydrogen-bond donors (Lipinski definition) is 4. The second kappa shape index (κ2) is 6.91. The summed E-state index contributed by atoms with van der Waals surface area (Å²) in [6, 6.07) is 12.5. The highest BCUT2D eigenvalue weighted by Gasteiger charge is 2.37. The van der Waals surface area contributed by atoms with Crippen molar-refractivity contribution >= 4 is 22.6 Å². The largest absolute Gasteiger partial charge is 0.497 e. The van der Waals surface area contributed by atoms with Crippen LogP contribution < -0.4 is 26.0 Å². The van der Waals surface area contributed by atoms with Crippen molar-refractivity contribution in [2.75, 3.05) is 19.5 Å². The highest BCUT2D eigenvalue weighted by molar-refractivity contribution is 6.09. The van der Waals surface area contributed by atoms with Gasteiger partial charge in [0.2, 0.25) is 5.91 Å². The summed E-state index contributed by atoms with van der Waals surface area (Å²) in [4.78, 5) is 45.8. The van der Waals surface area contributed by atoms with Crippen LogP contribution in [0.25, 0.3) is 22.3 Å². The van der Waals surface area contributed by atoms with Crippen molar-refractivity contribution in [1.29, 1.82) is 0 Å². The number of hydrogen-bond acceptors (Lipinski definition) is 5. The lowest BCUT2D eigenvalue weighted by Crippen LogP contribution is -2.23. The maximum Gasteiger partial charge on any atom is 0.327 e. The van der Waals surface area contributed by atoms with Crippen LogP contribution in [0.2, 0.25) is 0 Å². The van der Waals surface area contributed by atoms with Crippen molar-refractivity contribution < 1.29 is 14.3 Å². The molecule has 1 amide bonds. The Hall–Kier alpha value is -4.27. The molecule has 1 unspecified atom stereocenters. The van der Waals surface area contributed by atoms with Gasteiger partial charge in [-0.1, -0.05) is 18.2 Å². The SMILES string of the molecule is COc1ccc(OC)c(-c2[nH]c3[nH]c(=O)[nH]c(=O)c3c2C2C(=O)Nc3ccccc32)c1. The zero-order valence-electron chi connectivity index (χ0n) is 16.7. The summed E-state index contributed by atoms with van der Waals surface area (Å²) in [6.45, 7) is 0. The van der Waals surface area contributed by atoms with Crippen molar-refractivity contribution in [2.45, 2.75) is 5.92 Å². The van der Waals surface area contributed by atoms with Crippen LogP contribution in [0, 0.1) is 0 Å². The van der Waals surface area contributed by atoms with E-state index in [0.717, 1.165) is 5.56 Å². The van der Waals surface area contributed by atoms with Crippen LogP contribution in [-0.2, 0) is 4.79 Å². The number of rotatable bonds is 4. The molecule has 0 aliphatic carbocycles. The van der Waals surface area contributed by atoms with Gasteiger partial charge in [0.1, 0.15) is 17.1 Å². The van der Waals surface area contributed by atoms with E-state index in [0.29, 0.717) is 34.0 Å². The fourth-order valence-electron chi connectivity index (χ4n) is 4.16. The van der Waals surface area contributed by atoms with Crippen LogP contribution in [0.5, 0.6) is 11.5 Å². The number of benzene rings is 2. The summed E-state index contributed by atoms with van der Waals surface area (Å²) in [5.41, 5.74) is 1.92. The standard InChI is InChI=1S/C22H18N4O5/c1-30-10-7-8-14(31-2)12(9-10)18-16(17-19(24-18)25-22(29)26-21(17)28)15-11-5-3-4-6-13(11)23-20(15)27/h3-9,15H,1-2H3,(H,23,27)(H3,24,25,26,28,29). The average molecular weight is 418 g/mol. The summed E-state index contributed by atoms with van der Waals surface area (Å²) >= 11 is 0. The number of aromatic amines is 3. The van der Waals surface area contributed by atoms with Gasteiger partial charge in [0.05, 0.1) is 31.2 Å². The first kappa shape index (κ1) is 18.7. The molecule has 0 bridgehead atoms. The number of fused-ring (bicyclic) bond motifs is 2. The van der Waals surface area contributed by atoms with Gasteiger partial charge >= 0.3 is 5.69 Å². The molecule has 1 aliphatic heterocycles. The van der Waals surface area contributed by atoms with E-state index in [1.807, 2.05) is 18.2 Å². The number of amides is 1. The van der Waals surface area contributed by atoms with Gasteiger partial charge in [-0.25, -0.2) is 4.79 Å². The lowest BCUT2D eigenvalue weighted by Gasteiger charge is -2.14. The zero-order chi connectivity index (χ0) is 21.7. The Morgan fingerprint density at radius 1 is 0.903 bits per heavy atom. The Bertz CT molecular complexity index is 1460. The van der Waals surface area contributed by atoms with E-state index in [4.69, 9.17) is 9.47 Å². The van der Waals surface area contributed by atoms with Gasteiger partial charge in [0, 0.05) is 16.8 Å². The van der Waals surface area contributed by atoms with E-state index in [-0.39, 0.29) is 16.9 Å². The van der Waals surface area contributed by atoms with Gasteiger partial charge in [-0.05, 0) is 29.8 Å². The molecule has 4 aromatic rings. The summed E-state index contributed by atoms with van der Waals surface area (Å²) in [5.74, 6) is 0.0526. The first-order chi connectivity index (χ1) is 15.0. The molecule has 2 aromatic carbocycles. The number of carbonyl (C=O) groups is 1. The maximum atomic E-state index is 13.0. The zero-order valence-corrected chi connectivity index (χ0v) is 16.7. The Labute approximate surface area is 175 Å². The monoisotopic (exact) mass is 418 g/mol. The fraction of sp³-hybridized carbons (Fsp3) is 0.136. The summed E-state index contributed by atoms with van der Waals surface area (Å²) in [7, 11) is 3.07. The lowest BCUT2D eigenvalue weighted by atomic mass is 9.89. The molecule has 0 saturated carbocycles. The minimum atomic E-state index is -0.761. The van der Waals surface area contributed by atoms with Crippen molar-refractivity contribution in [3.63, 3.8) is 0 Å². The van der Waals surface area contributed by atoms with Gasteiger partial charge < -0.3 is 19.8 Å². The second-order valence-corrected chi connectivity index (χ2v) is 7.15. The second-order valence-electron chi connectivity index (χ2n) is 7.15. The van der Waals surface area contributed by atoms with Crippen molar-refractivity contribution in [3.8, 4) is 22.8 Å². The van der Waals surface area contributed by atoms with Crippen LogP contribution in [0.4, 0.5) is 5.69 Å². The Morgan fingerprint density at radius 2 is 1.71 bits per heavy atom. The first-order valence-corrected chi connectivity index (χ1v) is 9.52. The molecule has 1 atom stereocenters. The highest BCUT2D eigenvalue weighted by atomic mass is 16.5. The van der Waals surface area contributed by atoms with Gasteiger partial charge in [0.15, 0.2) is 0 Å². The van der Waals surface area contributed by atoms with E-state index in [2.05, 4.69) is 20.3 Å². The third-order valence-electron chi connectivity index (χ3n) is 5.49. The number of anilines is 1. The molecule has 31 heavy (non-hydrogen) atoms. The molecule has 0 radical (unpaired) electrons. The third kappa shape index (κ3) is 2.82. The number of nitrogens with one attached hydrogen (secondary N) is 4. The molecule has 156 valence electrons. The third-order valence-corrected chi connectivity index (χ3v) is 5.49. The van der Waals surface area contributed by atoms with E-state index in [1.54, 1.807) is 31.4 Å². The summed E-state index contributed by atoms with van der Waals surface area (Å²) in [6.07, 6.45) is 0. The molecular weight excluding hydrogens is 400 g/mol. The van der Waals surface area contributed by atoms with Crippen LogP contribution in [0.3, 0.4) is 0 Å². The van der Waals surface area contributed by atoms with E-state index in [9.17, 15) is 14.4 Å². The Kier molecular flexibility index (Phi) is 4.18. The number of H-pyrrole nitrogens is 3. The van der Waals surface area contributed by atoms with Crippen LogP contribution in [0.1, 0.15) is 17.0 Å². The molecule has 5 rings (SSSR count). The Morgan fingerprint density at radius 3 is 2.48 bits per heavy atom. The van der Waals surface area contributed by atoms with E-state index >= 15 is 0 Å². The van der Waals surface area contributed by atoms with Gasteiger partial charge in [0.25, 0.3) is 5.56 Å². The van der Waals surface area contributed by atoms with Crippen molar-refractivity contribution in [1.82, 2.24) is 15.0 Å². The Balaban J connectivity index is 1.90. The van der Waals surface area contributed by atoms with Crippen molar-refractivity contribution in [3.05, 3.63) is 74.4 Å². The quantitative estimate of drug-likeness (QED) is 0.404. The predicted octanol–water partition coefficient (Wildman–Crippen LogP) is 2.31. The molecule has 4 N–H and O–H groups in total. The predicted molar refractivity (Wildman–Crippen MR) is 115 cm³/mol. The summed E-state index contributed by atoms with van der Waals surface area (Å²) in [5, 5.41) is 3.07. The number of aromatic nitrogens is 3. The molecule has 2 aromatic heterocycles. The normalized spacial score (nSPS) is 15.0. The highest BCUT2D eigenvalue weighted by Crippen LogP contribution is 2.45. The van der Waals surface area contributed by atoms with Crippen LogP contribution in [0.15, 0.2) is 52.1 Å². The minimum absolute atomic E-state index is 0.205. The fourth-order valence-corrected chi connectivity index (χ4v) is 4.16. The minimum Gasteiger partial charge on any atom is -0.497 e. The first-order valence-electron chi connectivity index (χ1n) is 9.52. The number of carbonyl (C=O) groups excluding carboxylic acids is 1. The van der Waals surface area contributed by atoms with E-state index in [1.165, 1.54) is 7.11 Å². The topological polar surface area (TPSA) is 129 Å². The summed E-state index contributed by atoms with van der Waals surface area (Å²) < 4.78 is 10.9. The molecule has 0 fully saturated rings. The molecule has 1 aliphatic rings. The number of methoxy groups -OCH3 is 2. The number of para-hydroxylation sites is 1. The van der Waals surface area contributed by atoms with Gasteiger partial charge in [-0.3, -0.25) is 19.6 Å². The average Bonchev–Trinajstić information content (AvgIpc) is 3.29. The van der Waals surface area contributed by atoms with Gasteiger partial charge in [-0.2, -0.15) is 0 Å². The number of ether oxygens (including phenoxy) is 2. The molecule has 9 heteroatoms. The van der Waals surface area contributed by atoms with Crippen LogP contribution in [-0.4, -0.2) is 35.1 Å². The molecule has 9 nitrogen and oxygen atoms in total. The lowest BCUT2D eigenvalue weighted by molar-refractivity contribution is -0.116. The van der Waals surface area contributed by atoms with Crippen molar-refractivity contribution in [2.24, 2.45) is 0 Å². The van der Waals surface area contributed by atoms with Crippen LogP contribution >= 0.6 is 0 Å². The smallest absolute Gasteiger partial charge is 0.327 e.